The summed E-state index contributed by atoms with van der Waals surface area (Å²) >= 11 is 18.9. The van der Waals surface area contributed by atoms with Gasteiger partial charge in [-0.05, 0) is 41.5 Å². The van der Waals surface area contributed by atoms with Crippen LogP contribution in [0.5, 0.6) is 5.75 Å². The first-order valence-corrected chi connectivity index (χ1v) is 12.4. The summed E-state index contributed by atoms with van der Waals surface area (Å²) in [5.74, 6) is -0.541. The molecule has 0 atom stereocenters. The Bertz CT molecular complexity index is 1330. The van der Waals surface area contributed by atoms with Crippen molar-refractivity contribution in [2.24, 2.45) is 0 Å². The Hall–Kier alpha value is -2.58. The van der Waals surface area contributed by atoms with Crippen LogP contribution in [0, 0.1) is 0 Å². The first-order valence-electron chi connectivity index (χ1n) is 10.4. The lowest BCUT2D eigenvalue weighted by Gasteiger charge is -2.14. The Kier molecular flexibility index (Phi) is 7.78. The molecule has 1 fully saturated rings. The summed E-state index contributed by atoms with van der Waals surface area (Å²) < 4.78 is 6.55. The van der Waals surface area contributed by atoms with Crippen molar-refractivity contribution in [2.75, 3.05) is 6.54 Å². The van der Waals surface area contributed by atoms with Crippen molar-refractivity contribution < 1.29 is 19.4 Å². The number of thioether (sulfide) groups is 1. The molecular formula is C25H19Cl2NO4S2. The van der Waals surface area contributed by atoms with E-state index in [1.54, 1.807) is 18.2 Å². The molecule has 1 N–H and O–H groups in total. The average Bonchev–Trinajstić information content (AvgIpc) is 3.06. The van der Waals surface area contributed by atoms with Gasteiger partial charge in [-0.2, -0.15) is 0 Å². The number of thiocarbonyl (C=S) groups is 1. The monoisotopic (exact) mass is 531 g/mol. The van der Waals surface area contributed by atoms with Crippen molar-refractivity contribution >= 4 is 80.2 Å². The van der Waals surface area contributed by atoms with Gasteiger partial charge < -0.3 is 9.84 Å². The first-order chi connectivity index (χ1) is 16.3. The first kappa shape index (κ1) is 24.5. The second kappa shape index (κ2) is 10.8. The van der Waals surface area contributed by atoms with Gasteiger partial charge in [-0.25, -0.2) is 0 Å². The van der Waals surface area contributed by atoms with Crippen LogP contribution in [0.25, 0.3) is 16.8 Å². The van der Waals surface area contributed by atoms with Gasteiger partial charge in [0.25, 0.3) is 5.91 Å². The molecule has 5 nitrogen and oxygen atoms in total. The third-order valence-corrected chi connectivity index (χ3v) is 7.22. The van der Waals surface area contributed by atoms with E-state index < -0.39 is 5.97 Å². The van der Waals surface area contributed by atoms with Gasteiger partial charge in [0.2, 0.25) is 0 Å². The van der Waals surface area contributed by atoms with Crippen LogP contribution in [0.4, 0.5) is 0 Å². The number of ether oxygens (including phenoxy) is 1. The molecule has 0 aromatic heterocycles. The molecule has 1 aliphatic rings. The summed E-state index contributed by atoms with van der Waals surface area (Å²) in [6.45, 7) is 0.494. The van der Waals surface area contributed by atoms with Crippen LogP contribution in [0.15, 0.2) is 59.5 Å². The molecule has 1 amide bonds. The van der Waals surface area contributed by atoms with Gasteiger partial charge in [0.05, 0.1) is 4.91 Å². The number of nitrogens with zero attached hydrogens (tertiary/aromatic N) is 1. The zero-order chi connectivity index (χ0) is 24.2. The molecular weight excluding hydrogens is 513 g/mol. The van der Waals surface area contributed by atoms with E-state index in [0.29, 0.717) is 31.4 Å². The number of carbonyl (C=O) groups is 2. The number of halogens is 2. The Morgan fingerprint density at radius 1 is 1.15 bits per heavy atom. The second-order valence-electron chi connectivity index (χ2n) is 7.55. The quantitative estimate of drug-likeness (QED) is 0.255. The van der Waals surface area contributed by atoms with E-state index in [2.05, 4.69) is 0 Å². The summed E-state index contributed by atoms with van der Waals surface area (Å²) in [6.07, 6.45) is 2.10. The van der Waals surface area contributed by atoms with Crippen molar-refractivity contribution in [1.29, 1.82) is 0 Å². The number of amides is 1. The van der Waals surface area contributed by atoms with Crippen molar-refractivity contribution in [3.05, 3.63) is 80.7 Å². The Balaban J connectivity index is 1.65. The van der Waals surface area contributed by atoms with Crippen LogP contribution in [0.1, 0.15) is 24.0 Å². The highest BCUT2D eigenvalue weighted by Crippen LogP contribution is 2.37. The van der Waals surface area contributed by atoms with Crippen molar-refractivity contribution in [3.8, 4) is 5.75 Å². The summed E-state index contributed by atoms with van der Waals surface area (Å²) in [4.78, 5) is 25.8. The minimum atomic E-state index is -0.903. The molecule has 0 radical (unpaired) electrons. The van der Waals surface area contributed by atoms with Crippen LogP contribution >= 0.6 is 47.2 Å². The van der Waals surface area contributed by atoms with Gasteiger partial charge in [-0.1, -0.05) is 83.6 Å². The highest BCUT2D eigenvalue weighted by Gasteiger charge is 2.32. The molecule has 1 aliphatic heterocycles. The molecule has 0 saturated carbocycles. The fourth-order valence-electron chi connectivity index (χ4n) is 3.56. The molecule has 0 unspecified atom stereocenters. The number of benzene rings is 3. The molecule has 174 valence electrons. The Morgan fingerprint density at radius 2 is 1.94 bits per heavy atom. The number of hydrogen-bond donors (Lipinski definition) is 1. The van der Waals surface area contributed by atoms with Gasteiger partial charge in [0, 0.05) is 34.1 Å². The maximum atomic E-state index is 13.0. The van der Waals surface area contributed by atoms with E-state index in [9.17, 15) is 9.59 Å². The van der Waals surface area contributed by atoms with Crippen LogP contribution in [0.3, 0.4) is 0 Å². The van der Waals surface area contributed by atoms with Crippen LogP contribution in [-0.2, 0) is 16.2 Å². The molecule has 4 rings (SSSR count). The predicted octanol–water partition coefficient (Wildman–Crippen LogP) is 6.79. The molecule has 0 bridgehead atoms. The van der Waals surface area contributed by atoms with Gasteiger partial charge in [-0.15, -0.1) is 0 Å². The molecule has 0 spiro atoms. The van der Waals surface area contributed by atoms with Gasteiger partial charge in [-0.3, -0.25) is 14.5 Å². The fourth-order valence-corrected chi connectivity index (χ4v) is 5.31. The molecule has 1 saturated heterocycles. The van der Waals surface area contributed by atoms with Crippen LogP contribution in [0.2, 0.25) is 10.0 Å². The van der Waals surface area contributed by atoms with Crippen molar-refractivity contribution in [1.82, 2.24) is 4.90 Å². The lowest BCUT2D eigenvalue weighted by molar-refractivity contribution is -0.137. The largest absolute Gasteiger partial charge is 0.488 e. The lowest BCUT2D eigenvalue weighted by Crippen LogP contribution is -2.29. The lowest BCUT2D eigenvalue weighted by atomic mass is 10.0. The number of carboxylic acid groups (broad SMARTS) is 1. The predicted molar refractivity (Wildman–Crippen MR) is 141 cm³/mol. The second-order valence-corrected chi connectivity index (χ2v) is 10.1. The summed E-state index contributed by atoms with van der Waals surface area (Å²) in [5.41, 5.74) is 1.55. The molecule has 1 heterocycles. The molecule has 9 heteroatoms. The summed E-state index contributed by atoms with van der Waals surface area (Å²) in [7, 11) is 0. The summed E-state index contributed by atoms with van der Waals surface area (Å²) in [6, 6.07) is 16.9. The van der Waals surface area contributed by atoms with Crippen molar-refractivity contribution in [3.63, 3.8) is 0 Å². The smallest absolute Gasteiger partial charge is 0.303 e. The maximum Gasteiger partial charge on any atom is 0.303 e. The van der Waals surface area contributed by atoms with Crippen LogP contribution < -0.4 is 4.74 Å². The Morgan fingerprint density at radius 3 is 2.71 bits per heavy atom. The van der Waals surface area contributed by atoms with E-state index in [1.165, 1.54) is 16.7 Å². The van der Waals surface area contributed by atoms with Crippen molar-refractivity contribution in [2.45, 2.75) is 19.4 Å². The number of carbonyl (C=O) groups excluding carboxylic acids is 1. The van der Waals surface area contributed by atoms with E-state index in [-0.39, 0.29) is 25.5 Å². The minimum absolute atomic E-state index is 0.0231. The van der Waals surface area contributed by atoms with E-state index in [4.69, 9.17) is 45.3 Å². The third kappa shape index (κ3) is 5.55. The number of aliphatic carboxylic acids is 1. The number of fused-ring (bicyclic) bond motifs is 1. The van der Waals surface area contributed by atoms with E-state index in [1.807, 2.05) is 42.5 Å². The zero-order valence-electron chi connectivity index (χ0n) is 17.8. The SMILES string of the molecule is O=C(O)CCCN1C(=O)/C(=C/c2c(OCc3ccc(Cl)cc3Cl)ccc3ccccc23)SC1=S. The molecule has 3 aromatic rings. The van der Waals surface area contributed by atoms with E-state index >= 15 is 0 Å². The van der Waals surface area contributed by atoms with Gasteiger partial charge in [0.1, 0.15) is 16.7 Å². The highest BCUT2D eigenvalue weighted by atomic mass is 35.5. The van der Waals surface area contributed by atoms with E-state index in [0.717, 1.165) is 21.9 Å². The van der Waals surface area contributed by atoms with Gasteiger partial charge in [0.15, 0.2) is 0 Å². The highest BCUT2D eigenvalue weighted by molar-refractivity contribution is 8.26. The molecule has 0 aliphatic carbocycles. The molecule has 34 heavy (non-hydrogen) atoms. The van der Waals surface area contributed by atoms with Crippen LogP contribution in [-0.4, -0.2) is 32.7 Å². The topological polar surface area (TPSA) is 66.8 Å². The minimum Gasteiger partial charge on any atom is -0.488 e. The zero-order valence-corrected chi connectivity index (χ0v) is 20.9. The standard InChI is InChI=1S/C25H19Cl2NO4S2/c26-17-9-7-16(20(27)12-17)14-32-21-10-8-15-4-1-2-5-18(15)19(21)13-22-24(31)28(25(33)34-22)11-3-6-23(29)30/h1-2,4-5,7-10,12-13H,3,6,11,14H2,(H,29,30)/b22-13-. The maximum absolute atomic E-state index is 13.0. The fraction of sp³-hybridized carbons (Fsp3) is 0.160. The number of hydrogen-bond acceptors (Lipinski definition) is 5. The Labute approximate surface area is 216 Å². The summed E-state index contributed by atoms with van der Waals surface area (Å²) in [5, 5.41) is 11.9. The molecule has 3 aromatic carbocycles. The third-order valence-electron chi connectivity index (χ3n) is 5.25. The average molecular weight is 532 g/mol. The normalized spacial score (nSPS) is 14.9. The van der Waals surface area contributed by atoms with Gasteiger partial charge >= 0.3 is 5.97 Å². The number of rotatable bonds is 8. The number of carboxylic acids is 1.